The first kappa shape index (κ1) is 12.1. The Labute approximate surface area is 107 Å². The molecule has 0 bridgehead atoms. The van der Waals surface area contributed by atoms with Gasteiger partial charge in [-0.25, -0.2) is 0 Å². The van der Waals surface area contributed by atoms with Gasteiger partial charge in [-0.2, -0.15) is 4.98 Å². The van der Waals surface area contributed by atoms with Crippen molar-refractivity contribution < 1.29 is 9.63 Å². The van der Waals surface area contributed by atoms with Gasteiger partial charge < -0.3 is 14.9 Å². The first-order chi connectivity index (χ1) is 8.72. The van der Waals surface area contributed by atoms with Gasteiger partial charge in [-0.3, -0.25) is 0 Å². The summed E-state index contributed by atoms with van der Waals surface area (Å²) in [5, 5.41) is 16.8. The first-order valence-electron chi connectivity index (χ1n) is 6.97. The summed E-state index contributed by atoms with van der Waals surface area (Å²) in [4.78, 5) is 4.52. The van der Waals surface area contributed by atoms with E-state index >= 15 is 0 Å². The van der Waals surface area contributed by atoms with Gasteiger partial charge in [0, 0.05) is 12.5 Å². The predicted octanol–water partition coefficient (Wildman–Crippen LogP) is 1.76. The van der Waals surface area contributed by atoms with Crippen LogP contribution in [-0.4, -0.2) is 27.9 Å². The van der Waals surface area contributed by atoms with Gasteiger partial charge in [-0.1, -0.05) is 24.9 Å². The number of β-amino-alcohol motifs (C(OH)–C–C–N with tert-alkyl or cyclic N) is 1. The molecule has 2 atom stereocenters. The minimum atomic E-state index is -0.291. The lowest BCUT2D eigenvalue weighted by Crippen LogP contribution is -2.15. The number of nitrogens with zero attached hydrogens (tertiary/aromatic N) is 2. The van der Waals surface area contributed by atoms with Gasteiger partial charge in [0.05, 0.1) is 12.1 Å². The number of rotatable bonds is 2. The molecule has 3 rings (SSSR count). The van der Waals surface area contributed by atoms with Crippen LogP contribution in [0.25, 0.3) is 0 Å². The summed E-state index contributed by atoms with van der Waals surface area (Å²) in [6.07, 6.45) is 5.23. The molecule has 0 radical (unpaired) electrons. The molecule has 1 aromatic heterocycles. The molecule has 18 heavy (non-hydrogen) atoms. The molecular weight excluding hydrogens is 230 g/mol. The van der Waals surface area contributed by atoms with Crippen molar-refractivity contribution in [2.24, 2.45) is 5.92 Å². The summed E-state index contributed by atoms with van der Waals surface area (Å²) in [5.41, 5.74) is 0. The standard InChI is InChI=1S/C13H21N3O2/c1-8-2-4-9(5-3-8)12-15-13(18-16-12)11-6-10(17)7-14-11/h8-11,14,17H,2-7H2,1H3. The van der Waals surface area contributed by atoms with E-state index in [1.54, 1.807) is 0 Å². The lowest BCUT2D eigenvalue weighted by atomic mass is 9.83. The number of hydrogen-bond donors (Lipinski definition) is 2. The lowest BCUT2D eigenvalue weighted by molar-refractivity contribution is 0.191. The first-order valence-corrected chi connectivity index (χ1v) is 6.97. The quantitative estimate of drug-likeness (QED) is 0.838. The fraction of sp³-hybridized carbons (Fsp3) is 0.846. The maximum atomic E-state index is 9.49. The Balaban J connectivity index is 1.66. The zero-order valence-electron chi connectivity index (χ0n) is 10.8. The van der Waals surface area contributed by atoms with E-state index in [9.17, 15) is 5.11 Å². The Bertz CT molecular complexity index is 399. The summed E-state index contributed by atoms with van der Waals surface area (Å²) in [7, 11) is 0. The smallest absolute Gasteiger partial charge is 0.243 e. The zero-order valence-corrected chi connectivity index (χ0v) is 10.8. The summed E-state index contributed by atoms with van der Waals surface area (Å²) < 4.78 is 5.34. The Morgan fingerprint density at radius 1 is 1.28 bits per heavy atom. The van der Waals surface area contributed by atoms with E-state index in [-0.39, 0.29) is 12.1 Å². The van der Waals surface area contributed by atoms with Gasteiger partial charge in [0.2, 0.25) is 5.89 Å². The highest BCUT2D eigenvalue weighted by molar-refractivity contribution is 5.02. The third-order valence-corrected chi connectivity index (χ3v) is 4.24. The van der Waals surface area contributed by atoms with Gasteiger partial charge in [-0.15, -0.1) is 0 Å². The Morgan fingerprint density at radius 2 is 2.06 bits per heavy atom. The second-order valence-electron chi connectivity index (χ2n) is 5.80. The molecule has 100 valence electrons. The summed E-state index contributed by atoms with van der Waals surface area (Å²) in [5.74, 6) is 2.80. The van der Waals surface area contributed by atoms with E-state index in [1.807, 2.05) is 0 Å². The molecule has 2 N–H and O–H groups in total. The average Bonchev–Trinajstić information content (AvgIpc) is 2.98. The van der Waals surface area contributed by atoms with Crippen LogP contribution in [0.2, 0.25) is 0 Å². The minimum Gasteiger partial charge on any atom is -0.392 e. The molecule has 5 nitrogen and oxygen atoms in total. The maximum absolute atomic E-state index is 9.49. The molecule has 5 heteroatoms. The molecule has 2 heterocycles. The normalized spacial score (nSPS) is 37.0. The number of nitrogens with one attached hydrogen (secondary N) is 1. The van der Waals surface area contributed by atoms with Crippen LogP contribution in [0.15, 0.2) is 4.52 Å². The van der Waals surface area contributed by atoms with E-state index in [2.05, 4.69) is 22.4 Å². The van der Waals surface area contributed by atoms with Crippen LogP contribution in [0.3, 0.4) is 0 Å². The average molecular weight is 251 g/mol. The predicted molar refractivity (Wildman–Crippen MR) is 66.0 cm³/mol. The van der Waals surface area contributed by atoms with E-state index in [1.165, 1.54) is 25.7 Å². The van der Waals surface area contributed by atoms with Crippen molar-refractivity contribution in [3.63, 3.8) is 0 Å². The summed E-state index contributed by atoms with van der Waals surface area (Å²) in [6.45, 7) is 2.92. The van der Waals surface area contributed by atoms with Crippen molar-refractivity contribution in [2.75, 3.05) is 6.54 Å². The third-order valence-electron chi connectivity index (χ3n) is 4.24. The van der Waals surface area contributed by atoms with Gasteiger partial charge in [0.1, 0.15) is 0 Å². The molecule has 0 aromatic carbocycles. The highest BCUT2D eigenvalue weighted by Crippen LogP contribution is 2.34. The zero-order chi connectivity index (χ0) is 12.5. The largest absolute Gasteiger partial charge is 0.392 e. The fourth-order valence-electron chi connectivity index (χ4n) is 2.98. The molecular formula is C13H21N3O2. The Kier molecular flexibility index (Phi) is 3.35. The molecule has 2 unspecified atom stereocenters. The number of aromatic nitrogens is 2. The third kappa shape index (κ3) is 2.42. The monoisotopic (exact) mass is 251 g/mol. The second-order valence-corrected chi connectivity index (χ2v) is 5.80. The molecule has 1 aliphatic heterocycles. The summed E-state index contributed by atoms with van der Waals surface area (Å²) in [6, 6.07) is 0.0313. The molecule has 1 aliphatic carbocycles. The van der Waals surface area contributed by atoms with E-state index in [0.717, 1.165) is 11.7 Å². The van der Waals surface area contributed by atoms with Gasteiger partial charge in [0.25, 0.3) is 0 Å². The second kappa shape index (κ2) is 4.97. The molecule has 1 aromatic rings. The van der Waals surface area contributed by atoms with E-state index in [0.29, 0.717) is 24.8 Å². The topological polar surface area (TPSA) is 71.2 Å². The van der Waals surface area contributed by atoms with Crippen molar-refractivity contribution in [3.8, 4) is 0 Å². The number of hydrogen-bond acceptors (Lipinski definition) is 5. The van der Waals surface area contributed by atoms with Crippen LogP contribution >= 0.6 is 0 Å². The molecule has 2 fully saturated rings. The maximum Gasteiger partial charge on any atom is 0.243 e. The van der Waals surface area contributed by atoms with Crippen LogP contribution in [0, 0.1) is 5.92 Å². The minimum absolute atomic E-state index is 0.0313. The Hall–Kier alpha value is -0.940. The molecule has 0 amide bonds. The van der Waals surface area contributed by atoms with Crippen LogP contribution in [0.4, 0.5) is 0 Å². The van der Waals surface area contributed by atoms with Crippen LogP contribution in [0.1, 0.15) is 62.7 Å². The number of aliphatic hydroxyl groups excluding tert-OH is 1. The molecule has 2 aliphatic rings. The van der Waals surface area contributed by atoms with Crippen LogP contribution in [-0.2, 0) is 0 Å². The van der Waals surface area contributed by atoms with Crippen molar-refractivity contribution in [3.05, 3.63) is 11.7 Å². The highest BCUT2D eigenvalue weighted by atomic mass is 16.5. The highest BCUT2D eigenvalue weighted by Gasteiger charge is 2.30. The van der Waals surface area contributed by atoms with Crippen LogP contribution in [0.5, 0.6) is 0 Å². The molecule has 0 spiro atoms. The van der Waals surface area contributed by atoms with Crippen molar-refractivity contribution >= 4 is 0 Å². The summed E-state index contributed by atoms with van der Waals surface area (Å²) >= 11 is 0. The fourth-order valence-corrected chi connectivity index (χ4v) is 2.98. The van der Waals surface area contributed by atoms with Gasteiger partial charge in [0.15, 0.2) is 5.82 Å². The Morgan fingerprint density at radius 3 is 2.72 bits per heavy atom. The molecule has 1 saturated heterocycles. The van der Waals surface area contributed by atoms with E-state index < -0.39 is 0 Å². The number of aliphatic hydroxyl groups is 1. The van der Waals surface area contributed by atoms with Crippen LogP contribution < -0.4 is 5.32 Å². The SMILES string of the molecule is CC1CCC(c2noc(C3CC(O)CN3)n2)CC1. The van der Waals surface area contributed by atoms with Crippen molar-refractivity contribution in [1.82, 2.24) is 15.5 Å². The van der Waals surface area contributed by atoms with Crippen molar-refractivity contribution in [1.29, 1.82) is 0 Å². The van der Waals surface area contributed by atoms with Crippen molar-refractivity contribution in [2.45, 2.75) is 57.1 Å². The lowest BCUT2D eigenvalue weighted by Gasteiger charge is -2.23. The van der Waals surface area contributed by atoms with E-state index in [4.69, 9.17) is 4.52 Å². The van der Waals surface area contributed by atoms with Gasteiger partial charge >= 0.3 is 0 Å². The molecule has 1 saturated carbocycles. The van der Waals surface area contributed by atoms with Gasteiger partial charge in [-0.05, 0) is 25.2 Å².